The van der Waals surface area contributed by atoms with E-state index in [-0.39, 0.29) is 5.41 Å². The highest BCUT2D eigenvalue weighted by atomic mass is 16.4. The molecule has 0 saturated carbocycles. The van der Waals surface area contributed by atoms with Gasteiger partial charge in [-0.05, 0) is 68.8 Å². The van der Waals surface area contributed by atoms with Crippen LogP contribution in [0.3, 0.4) is 0 Å². The van der Waals surface area contributed by atoms with Gasteiger partial charge in [-0.25, -0.2) is 0 Å². The molecular formula is C33H20N2O. The first-order valence-corrected chi connectivity index (χ1v) is 12.2. The Morgan fingerprint density at radius 1 is 0.417 bits per heavy atom. The van der Waals surface area contributed by atoms with Crippen molar-refractivity contribution in [1.29, 1.82) is 0 Å². The van der Waals surface area contributed by atoms with Crippen LogP contribution in [0.4, 0.5) is 0 Å². The smallest absolute Gasteiger partial charge is 0.248 e. The maximum atomic E-state index is 6.11. The van der Waals surface area contributed by atoms with Gasteiger partial charge in [-0.1, -0.05) is 97.1 Å². The zero-order valence-electron chi connectivity index (χ0n) is 19.3. The Hall–Kier alpha value is -4.76. The molecular weight excluding hydrogens is 440 g/mol. The Kier molecular flexibility index (Phi) is 3.87. The standard InChI is InChI=1S/C33H20N2O/c1-2-10-21(11-3-1)31-34-35-32(36-31)22-18-19-30-26(20-22)25-14-6-9-17-29(25)33(30)27-15-7-4-12-23(27)24-13-5-8-16-28(24)33/h1-20H. The Bertz CT molecular complexity index is 1750. The number of nitrogens with zero attached hydrogens (tertiary/aromatic N) is 2. The molecule has 3 nitrogen and oxygen atoms in total. The summed E-state index contributed by atoms with van der Waals surface area (Å²) in [6, 6.07) is 43.0. The van der Waals surface area contributed by atoms with E-state index in [1.807, 2.05) is 30.3 Å². The van der Waals surface area contributed by atoms with Crippen molar-refractivity contribution in [3.63, 3.8) is 0 Å². The minimum absolute atomic E-state index is 0.332. The lowest BCUT2D eigenvalue weighted by Crippen LogP contribution is -2.25. The zero-order valence-corrected chi connectivity index (χ0v) is 19.3. The van der Waals surface area contributed by atoms with Crippen LogP contribution in [-0.2, 0) is 5.41 Å². The van der Waals surface area contributed by atoms with E-state index in [9.17, 15) is 0 Å². The van der Waals surface area contributed by atoms with Gasteiger partial charge in [-0.2, -0.15) is 0 Å². The van der Waals surface area contributed by atoms with Crippen LogP contribution in [0.2, 0.25) is 0 Å². The first-order valence-electron chi connectivity index (χ1n) is 12.2. The van der Waals surface area contributed by atoms with Crippen LogP contribution in [0, 0.1) is 0 Å². The number of hydrogen-bond acceptors (Lipinski definition) is 3. The Morgan fingerprint density at radius 3 is 1.50 bits per heavy atom. The Morgan fingerprint density at radius 2 is 0.889 bits per heavy atom. The summed E-state index contributed by atoms with van der Waals surface area (Å²) in [4.78, 5) is 0. The van der Waals surface area contributed by atoms with Gasteiger partial charge in [-0.15, -0.1) is 10.2 Å². The van der Waals surface area contributed by atoms with Gasteiger partial charge >= 0.3 is 0 Å². The Labute approximate surface area is 208 Å². The van der Waals surface area contributed by atoms with Crippen LogP contribution >= 0.6 is 0 Å². The first kappa shape index (κ1) is 19.5. The molecule has 0 radical (unpaired) electrons. The van der Waals surface area contributed by atoms with Crippen molar-refractivity contribution in [3.05, 3.63) is 144 Å². The van der Waals surface area contributed by atoms with Crippen molar-refractivity contribution in [2.24, 2.45) is 0 Å². The number of rotatable bonds is 2. The van der Waals surface area contributed by atoms with E-state index in [0.717, 1.165) is 11.1 Å². The molecule has 0 N–H and O–H groups in total. The third-order valence-corrected chi connectivity index (χ3v) is 7.69. The van der Waals surface area contributed by atoms with Crippen LogP contribution in [0.25, 0.3) is 45.2 Å². The van der Waals surface area contributed by atoms with Crippen molar-refractivity contribution in [2.45, 2.75) is 5.41 Å². The van der Waals surface area contributed by atoms with Gasteiger partial charge in [0, 0.05) is 11.1 Å². The third kappa shape index (κ3) is 2.42. The number of fused-ring (bicyclic) bond motifs is 10. The normalized spacial score (nSPS) is 13.8. The monoisotopic (exact) mass is 460 g/mol. The first-order chi connectivity index (χ1) is 17.9. The highest BCUT2D eigenvalue weighted by molar-refractivity contribution is 5.95. The third-order valence-electron chi connectivity index (χ3n) is 7.69. The summed E-state index contributed by atoms with van der Waals surface area (Å²) in [6.45, 7) is 0. The number of hydrogen-bond donors (Lipinski definition) is 0. The van der Waals surface area contributed by atoms with Crippen molar-refractivity contribution in [1.82, 2.24) is 10.2 Å². The predicted molar refractivity (Wildman–Crippen MR) is 141 cm³/mol. The molecule has 0 saturated heterocycles. The average molecular weight is 461 g/mol. The number of benzene rings is 5. The highest BCUT2D eigenvalue weighted by Gasteiger charge is 2.51. The van der Waals surface area contributed by atoms with E-state index in [0.29, 0.717) is 11.8 Å². The van der Waals surface area contributed by atoms with Gasteiger partial charge in [0.05, 0.1) is 5.41 Å². The van der Waals surface area contributed by atoms with Crippen LogP contribution < -0.4 is 0 Å². The van der Waals surface area contributed by atoms with E-state index in [4.69, 9.17) is 4.42 Å². The summed E-state index contributed by atoms with van der Waals surface area (Å²) in [5.74, 6) is 1.06. The fourth-order valence-corrected chi connectivity index (χ4v) is 6.27. The maximum absolute atomic E-state index is 6.11. The minimum atomic E-state index is -0.332. The quantitative estimate of drug-likeness (QED) is 0.265. The summed E-state index contributed by atoms with van der Waals surface area (Å²) in [5.41, 5.74) is 11.9. The Balaban J connectivity index is 1.37. The molecule has 36 heavy (non-hydrogen) atoms. The molecule has 0 unspecified atom stereocenters. The van der Waals surface area contributed by atoms with Gasteiger partial charge in [0.2, 0.25) is 11.8 Å². The van der Waals surface area contributed by atoms with Crippen molar-refractivity contribution < 1.29 is 4.42 Å². The molecule has 6 aromatic rings. The molecule has 168 valence electrons. The van der Waals surface area contributed by atoms with Gasteiger partial charge in [0.25, 0.3) is 0 Å². The molecule has 0 fully saturated rings. The average Bonchev–Trinajstić information content (AvgIpc) is 3.63. The second-order valence-corrected chi connectivity index (χ2v) is 9.43. The predicted octanol–water partition coefficient (Wildman–Crippen LogP) is 7.75. The molecule has 1 spiro atoms. The van der Waals surface area contributed by atoms with Crippen LogP contribution in [-0.4, -0.2) is 10.2 Å². The summed E-state index contributed by atoms with van der Waals surface area (Å²) >= 11 is 0. The fourth-order valence-electron chi connectivity index (χ4n) is 6.27. The van der Waals surface area contributed by atoms with Gasteiger partial charge in [-0.3, -0.25) is 0 Å². The highest BCUT2D eigenvalue weighted by Crippen LogP contribution is 2.62. The summed E-state index contributed by atoms with van der Waals surface area (Å²) in [5, 5.41) is 8.70. The van der Waals surface area contributed by atoms with Gasteiger partial charge in [0.1, 0.15) is 0 Å². The van der Waals surface area contributed by atoms with E-state index in [1.54, 1.807) is 0 Å². The molecule has 5 aromatic carbocycles. The van der Waals surface area contributed by atoms with Crippen LogP contribution in [0.5, 0.6) is 0 Å². The van der Waals surface area contributed by atoms with Crippen molar-refractivity contribution in [3.8, 4) is 45.2 Å². The molecule has 1 aromatic heterocycles. The zero-order chi connectivity index (χ0) is 23.7. The summed E-state index contributed by atoms with van der Waals surface area (Å²) in [7, 11) is 0. The molecule has 2 aliphatic rings. The largest absolute Gasteiger partial charge is 0.416 e. The summed E-state index contributed by atoms with van der Waals surface area (Å²) < 4.78 is 6.11. The second kappa shape index (κ2) is 7.12. The van der Waals surface area contributed by atoms with Crippen LogP contribution in [0.15, 0.2) is 126 Å². The second-order valence-electron chi connectivity index (χ2n) is 9.43. The lowest BCUT2D eigenvalue weighted by atomic mass is 9.70. The van der Waals surface area contributed by atoms with Gasteiger partial charge in [0.15, 0.2) is 0 Å². The molecule has 2 aliphatic carbocycles. The topological polar surface area (TPSA) is 38.9 Å². The molecule has 0 atom stereocenters. The van der Waals surface area contributed by atoms with E-state index >= 15 is 0 Å². The van der Waals surface area contributed by atoms with E-state index < -0.39 is 0 Å². The molecule has 8 rings (SSSR count). The van der Waals surface area contributed by atoms with E-state index in [2.05, 4.69) is 101 Å². The number of aromatic nitrogens is 2. The van der Waals surface area contributed by atoms with E-state index in [1.165, 1.54) is 44.5 Å². The minimum Gasteiger partial charge on any atom is -0.416 e. The lowest BCUT2D eigenvalue weighted by Gasteiger charge is -2.30. The van der Waals surface area contributed by atoms with Gasteiger partial charge < -0.3 is 4.42 Å². The SMILES string of the molecule is c1ccc(-c2nnc(-c3ccc4c(c3)-c3ccccc3C43c4ccccc4-c4ccccc43)o2)cc1. The maximum Gasteiger partial charge on any atom is 0.248 e. The molecule has 0 amide bonds. The van der Waals surface area contributed by atoms with Crippen molar-refractivity contribution >= 4 is 0 Å². The van der Waals surface area contributed by atoms with Crippen molar-refractivity contribution in [2.75, 3.05) is 0 Å². The molecule has 1 heterocycles. The molecule has 0 aliphatic heterocycles. The molecule has 0 bridgehead atoms. The van der Waals surface area contributed by atoms with Crippen LogP contribution in [0.1, 0.15) is 22.3 Å². The lowest BCUT2D eigenvalue weighted by molar-refractivity contribution is 0.584. The summed E-state index contributed by atoms with van der Waals surface area (Å²) in [6.07, 6.45) is 0. The fraction of sp³-hybridized carbons (Fsp3) is 0.0303. The molecule has 3 heteroatoms.